The van der Waals surface area contributed by atoms with Crippen molar-refractivity contribution in [3.63, 3.8) is 0 Å². The maximum absolute atomic E-state index is 12.4. The van der Waals surface area contributed by atoms with E-state index in [4.69, 9.17) is 0 Å². The molecule has 2 unspecified atom stereocenters. The van der Waals surface area contributed by atoms with E-state index in [1.54, 1.807) is 0 Å². The van der Waals surface area contributed by atoms with Gasteiger partial charge in [-0.1, -0.05) is 24.3 Å². The average Bonchev–Trinajstić information content (AvgIpc) is 2.77. The van der Waals surface area contributed by atoms with Crippen molar-refractivity contribution in [2.45, 2.75) is 24.9 Å². The summed E-state index contributed by atoms with van der Waals surface area (Å²) < 4.78 is 22.9. The molecule has 6 heteroatoms. The maximum Gasteiger partial charge on any atom is 0.229 e. The van der Waals surface area contributed by atoms with Crippen molar-refractivity contribution in [2.24, 2.45) is 0 Å². The molecule has 0 aliphatic carbocycles. The summed E-state index contributed by atoms with van der Waals surface area (Å²) in [6.45, 7) is 1.38. The monoisotopic (exact) mass is 294 g/mol. The Bertz CT molecular complexity index is 627. The van der Waals surface area contributed by atoms with Gasteiger partial charge in [-0.3, -0.25) is 4.79 Å². The minimum atomic E-state index is -2.96. The molecular formula is C14H18N2O3S. The molecule has 2 atom stereocenters. The quantitative estimate of drug-likeness (QED) is 0.816. The lowest BCUT2D eigenvalue weighted by atomic mass is 9.90. The van der Waals surface area contributed by atoms with Gasteiger partial charge < -0.3 is 10.6 Å². The number of sulfone groups is 1. The Morgan fingerprint density at radius 1 is 1.30 bits per heavy atom. The Labute approximate surface area is 118 Å². The van der Waals surface area contributed by atoms with Crippen molar-refractivity contribution in [1.29, 1.82) is 0 Å². The zero-order valence-corrected chi connectivity index (χ0v) is 11.9. The van der Waals surface area contributed by atoms with Crippen LogP contribution in [0.1, 0.15) is 23.5 Å². The molecule has 0 aromatic heterocycles. The first-order chi connectivity index (χ1) is 9.55. The van der Waals surface area contributed by atoms with Gasteiger partial charge in [0.05, 0.1) is 17.4 Å². The number of rotatable bonds is 2. The SMILES string of the molecule is O=C(NC1CCS(=O)(=O)C1)C1CNCc2ccccc21. The highest BCUT2D eigenvalue weighted by Crippen LogP contribution is 2.24. The summed E-state index contributed by atoms with van der Waals surface area (Å²) in [6, 6.07) is 7.66. The zero-order valence-electron chi connectivity index (χ0n) is 11.1. The van der Waals surface area contributed by atoms with E-state index in [-0.39, 0.29) is 29.4 Å². The van der Waals surface area contributed by atoms with Crippen LogP contribution in [-0.2, 0) is 21.2 Å². The first-order valence-electron chi connectivity index (χ1n) is 6.84. The van der Waals surface area contributed by atoms with E-state index in [1.807, 2.05) is 24.3 Å². The molecule has 2 aliphatic rings. The smallest absolute Gasteiger partial charge is 0.229 e. The molecule has 2 aliphatic heterocycles. The molecule has 1 aromatic carbocycles. The van der Waals surface area contributed by atoms with Gasteiger partial charge in [-0.05, 0) is 17.5 Å². The molecule has 0 bridgehead atoms. The number of benzene rings is 1. The van der Waals surface area contributed by atoms with Gasteiger partial charge in [-0.15, -0.1) is 0 Å². The predicted molar refractivity (Wildman–Crippen MR) is 76.1 cm³/mol. The lowest BCUT2D eigenvalue weighted by molar-refractivity contribution is -0.123. The largest absolute Gasteiger partial charge is 0.352 e. The fourth-order valence-corrected chi connectivity index (χ4v) is 4.61. The van der Waals surface area contributed by atoms with Crippen LogP contribution in [-0.4, -0.2) is 38.4 Å². The van der Waals surface area contributed by atoms with Crippen molar-refractivity contribution >= 4 is 15.7 Å². The van der Waals surface area contributed by atoms with Crippen molar-refractivity contribution in [2.75, 3.05) is 18.1 Å². The number of fused-ring (bicyclic) bond motifs is 1. The fraction of sp³-hybridized carbons (Fsp3) is 0.500. The van der Waals surface area contributed by atoms with Gasteiger partial charge >= 0.3 is 0 Å². The highest BCUT2D eigenvalue weighted by molar-refractivity contribution is 7.91. The van der Waals surface area contributed by atoms with Gasteiger partial charge in [0, 0.05) is 19.1 Å². The number of carbonyl (C=O) groups excluding carboxylic acids is 1. The lowest BCUT2D eigenvalue weighted by Gasteiger charge is -2.26. The molecule has 2 N–H and O–H groups in total. The Kier molecular flexibility index (Phi) is 3.52. The van der Waals surface area contributed by atoms with Gasteiger partial charge in [0.15, 0.2) is 9.84 Å². The van der Waals surface area contributed by atoms with E-state index in [9.17, 15) is 13.2 Å². The number of hydrogen-bond acceptors (Lipinski definition) is 4. The van der Waals surface area contributed by atoms with Gasteiger partial charge in [0.1, 0.15) is 0 Å². The Balaban J connectivity index is 1.73. The number of hydrogen-bond donors (Lipinski definition) is 2. The Hall–Kier alpha value is -1.40. The van der Waals surface area contributed by atoms with E-state index in [1.165, 1.54) is 0 Å². The fourth-order valence-electron chi connectivity index (χ4n) is 2.94. The highest BCUT2D eigenvalue weighted by atomic mass is 32.2. The van der Waals surface area contributed by atoms with Crippen LogP contribution >= 0.6 is 0 Å². The number of amides is 1. The Morgan fingerprint density at radius 3 is 2.85 bits per heavy atom. The van der Waals surface area contributed by atoms with E-state index < -0.39 is 9.84 Å². The van der Waals surface area contributed by atoms with Crippen LogP contribution < -0.4 is 10.6 Å². The summed E-state index contributed by atoms with van der Waals surface area (Å²) in [5, 5.41) is 6.12. The summed E-state index contributed by atoms with van der Waals surface area (Å²) >= 11 is 0. The number of nitrogens with one attached hydrogen (secondary N) is 2. The van der Waals surface area contributed by atoms with Crippen molar-refractivity contribution in [3.05, 3.63) is 35.4 Å². The normalized spacial score (nSPS) is 27.8. The van der Waals surface area contributed by atoms with E-state index in [2.05, 4.69) is 10.6 Å². The standard InChI is InChI=1S/C14H18N2O3S/c17-14(16-11-5-6-20(18,19)9-11)13-8-15-7-10-3-1-2-4-12(10)13/h1-4,11,13,15H,5-9H2,(H,16,17). The molecule has 5 nitrogen and oxygen atoms in total. The lowest BCUT2D eigenvalue weighted by Crippen LogP contribution is -2.43. The third-order valence-electron chi connectivity index (χ3n) is 3.99. The van der Waals surface area contributed by atoms with Crippen molar-refractivity contribution in [3.8, 4) is 0 Å². The van der Waals surface area contributed by atoms with Crippen LogP contribution in [0.15, 0.2) is 24.3 Å². The molecule has 20 heavy (non-hydrogen) atoms. The molecule has 1 fully saturated rings. The molecule has 1 aromatic rings. The second-order valence-corrected chi connectivity index (χ2v) is 7.72. The van der Waals surface area contributed by atoms with E-state index in [0.717, 1.165) is 17.7 Å². The van der Waals surface area contributed by atoms with Gasteiger partial charge in [0.25, 0.3) is 0 Å². The van der Waals surface area contributed by atoms with E-state index >= 15 is 0 Å². The minimum absolute atomic E-state index is 0.0700. The molecule has 1 amide bonds. The summed E-state index contributed by atoms with van der Waals surface area (Å²) in [5.41, 5.74) is 2.18. The summed E-state index contributed by atoms with van der Waals surface area (Å²) in [6.07, 6.45) is 0.524. The van der Waals surface area contributed by atoms with Crippen LogP contribution in [0.3, 0.4) is 0 Å². The molecule has 0 radical (unpaired) electrons. The summed E-state index contributed by atoms with van der Waals surface area (Å²) in [7, 11) is -2.96. The molecule has 108 valence electrons. The zero-order chi connectivity index (χ0) is 14.2. The van der Waals surface area contributed by atoms with Crippen molar-refractivity contribution < 1.29 is 13.2 Å². The van der Waals surface area contributed by atoms with Crippen LogP contribution in [0, 0.1) is 0 Å². The van der Waals surface area contributed by atoms with E-state index in [0.29, 0.717) is 13.0 Å². The van der Waals surface area contributed by atoms with Crippen LogP contribution in [0.5, 0.6) is 0 Å². The number of carbonyl (C=O) groups is 1. The van der Waals surface area contributed by atoms with Gasteiger partial charge in [-0.25, -0.2) is 8.42 Å². The van der Waals surface area contributed by atoms with Crippen LogP contribution in [0.25, 0.3) is 0 Å². The highest BCUT2D eigenvalue weighted by Gasteiger charge is 2.32. The molecular weight excluding hydrogens is 276 g/mol. The predicted octanol–water partition coefficient (Wildman–Crippen LogP) is 0.177. The third-order valence-corrected chi connectivity index (χ3v) is 5.76. The molecule has 0 saturated carbocycles. The summed E-state index contributed by atoms with van der Waals surface area (Å²) in [4.78, 5) is 12.4. The summed E-state index contributed by atoms with van der Waals surface area (Å²) in [5.74, 6) is -0.0622. The first kappa shape index (κ1) is 13.6. The molecule has 3 rings (SSSR count). The van der Waals surface area contributed by atoms with Crippen LogP contribution in [0.2, 0.25) is 0 Å². The van der Waals surface area contributed by atoms with Gasteiger partial charge in [0.2, 0.25) is 5.91 Å². The van der Waals surface area contributed by atoms with Crippen molar-refractivity contribution in [1.82, 2.24) is 10.6 Å². The second kappa shape index (κ2) is 5.18. The maximum atomic E-state index is 12.4. The van der Waals surface area contributed by atoms with Gasteiger partial charge in [-0.2, -0.15) is 0 Å². The minimum Gasteiger partial charge on any atom is -0.352 e. The second-order valence-electron chi connectivity index (χ2n) is 5.49. The average molecular weight is 294 g/mol. The Morgan fingerprint density at radius 2 is 2.10 bits per heavy atom. The molecule has 0 spiro atoms. The molecule has 2 heterocycles. The van der Waals surface area contributed by atoms with Crippen LogP contribution in [0.4, 0.5) is 0 Å². The topological polar surface area (TPSA) is 75.3 Å². The third kappa shape index (κ3) is 2.71. The molecule has 1 saturated heterocycles. The first-order valence-corrected chi connectivity index (χ1v) is 8.66.